The zero-order valence-corrected chi connectivity index (χ0v) is 15.3. The van der Waals surface area contributed by atoms with Crippen molar-refractivity contribution in [3.8, 4) is 5.69 Å². The first-order valence-electron chi connectivity index (χ1n) is 7.86. The Morgan fingerprint density at radius 3 is 2.58 bits per heavy atom. The third-order valence-corrected chi connectivity index (χ3v) is 3.83. The second kappa shape index (κ2) is 7.82. The van der Waals surface area contributed by atoms with Crippen LogP contribution in [0.5, 0.6) is 0 Å². The fourth-order valence-electron chi connectivity index (χ4n) is 2.02. The molecular weight excluding hydrogens is 366 g/mol. The molecule has 0 aliphatic heterocycles. The third-order valence-electron chi connectivity index (χ3n) is 3.46. The lowest BCUT2D eigenvalue weighted by Crippen LogP contribution is -2.37. The van der Waals surface area contributed by atoms with Crippen molar-refractivity contribution in [1.82, 2.24) is 15.1 Å². The molecule has 0 radical (unpaired) electrons. The van der Waals surface area contributed by atoms with Crippen LogP contribution in [0, 0.1) is 17.0 Å². The number of halogens is 3. The maximum atomic E-state index is 13.8. The molecule has 0 saturated heterocycles. The van der Waals surface area contributed by atoms with Crippen LogP contribution in [0.2, 0.25) is 5.02 Å². The summed E-state index contributed by atoms with van der Waals surface area (Å²) in [5, 5.41) is 9.30. The number of benzene rings is 1. The van der Waals surface area contributed by atoms with Crippen molar-refractivity contribution in [2.75, 3.05) is 18.4 Å². The SMILES string of the molecule is CC(C)(C)C(=O)NCCNc1cnn(-c2ccc(F)cc2F)c(=O)c1Cl. The first-order chi connectivity index (χ1) is 12.1. The summed E-state index contributed by atoms with van der Waals surface area (Å²) in [5.41, 5.74) is -1.21. The van der Waals surface area contributed by atoms with E-state index in [0.717, 1.165) is 16.8 Å². The second-order valence-electron chi connectivity index (χ2n) is 6.62. The van der Waals surface area contributed by atoms with E-state index in [1.807, 2.05) is 0 Å². The van der Waals surface area contributed by atoms with E-state index in [9.17, 15) is 18.4 Å². The molecule has 140 valence electrons. The summed E-state index contributed by atoms with van der Waals surface area (Å²) in [7, 11) is 0. The van der Waals surface area contributed by atoms with Gasteiger partial charge in [0.1, 0.15) is 16.5 Å². The molecule has 0 atom stereocenters. The zero-order valence-electron chi connectivity index (χ0n) is 14.6. The van der Waals surface area contributed by atoms with Crippen LogP contribution in [-0.4, -0.2) is 28.8 Å². The molecular formula is C17H19ClF2N4O2. The van der Waals surface area contributed by atoms with Crippen LogP contribution >= 0.6 is 11.6 Å². The number of carbonyl (C=O) groups is 1. The quantitative estimate of drug-likeness (QED) is 0.777. The maximum Gasteiger partial charge on any atom is 0.292 e. The third kappa shape index (κ3) is 4.57. The lowest BCUT2D eigenvalue weighted by atomic mass is 9.96. The Balaban J connectivity index is 2.10. The maximum absolute atomic E-state index is 13.8. The lowest BCUT2D eigenvalue weighted by molar-refractivity contribution is -0.128. The Bertz CT molecular complexity index is 878. The van der Waals surface area contributed by atoms with Crippen LogP contribution in [0.1, 0.15) is 20.8 Å². The van der Waals surface area contributed by atoms with Gasteiger partial charge in [0.2, 0.25) is 5.91 Å². The summed E-state index contributed by atoms with van der Waals surface area (Å²) in [6, 6.07) is 2.77. The summed E-state index contributed by atoms with van der Waals surface area (Å²) < 4.78 is 27.6. The molecule has 2 rings (SSSR count). The van der Waals surface area contributed by atoms with Gasteiger partial charge in [0.15, 0.2) is 5.82 Å². The number of carbonyl (C=O) groups excluding carboxylic acids is 1. The number of hydrogen-bond acceptors (Lipinski definition) is 4. The number of aromatic nitrogens is 2. The minimum absolute atomic E-state index is 0.106. The van der Waals surface area contributed by atoms with E-state index in [4.69, 9.17) is 11.6 Å². The van der Waals surface area contributed by atoms with Crippen molar-refractivity contribution >= 4 is 23.2 Å². The van der Waals surface area contributed by atoms with Crippen LogP contribution in [0.3, 0.4) is 0 Å². The first kappa shape index (κ1) is 19.8. The van der Waals surface area contributed by atoms with Crippen LogP contribution < -0.4 is 16.2 Å². The molecule has 1 heterocycles. The zero-order chi connectivity index (χ0) is 19.5. The van der Waals surface area contributed by atoms with Gasteiger partial charge in [-0.1, -0.05) is 32.4 Å². The lowest BCUT2D eigenvalue weighted by Gasteiger charge is -2.18. The molecule has 0 unspecified atom stereocenters. The van der Waals surface area contributed by atoms with Crippen molar-refractivity contribution in [2.45, 2.75) is 20.8 Å². The second-order valence-corrected chi connectivity index (χ2v) is 7.00. The Morgan fingerprint density at radius 2 is 1.96 bits per heavy atom. The predicted octanol–water partition coefficient (Wildman–Crippen LogP) is 2.74. The van der Waals surface area contributed by atoms with Crippen LogP contribution in [0.4, 0.5) is 14.5 Å². The van der Waals surface area contributed by atoms with Crippen molar-refractivity contribution in [1.29, 1.82) is 0 Å². The molecule has 2 N–H and O–H groups in total. The molecule has 0 spiro atoms. The van der Waals surface area contributed by atoms with Gasteiger partial charge in [-0.25, -0.2) is 8.78 Å². The predicted molar refractivity (Wildman–Crippen MR) is 95.7 cm³/mol. The van der Waals surface area contributed by atoms with Gasteiger partial charge in [-0.3, -0.25) is 9.59 Å². The van der Waals surface area contributed by atoms with Crippen LogP contribution in [-0.2, 0) is 4.79 Å². The van der Waals surface area contributed by atoms with Crippen molar-refractivity contribution in [3.05, 3.63) is 51.4 Å². The molecule has 9 heteroatoms. The molecule has 6 nitrogen and oxygen atoms in total. The number of nitrogens with zero attached hydrogens (tertiary/aromatic N) is 2. The average molecular weight is 385 g/mol. The average Bonchev–Trinajstić information content (AvgIpc) is 2.55. The fourth-order valence-corrected chi connectivity index (χ4v) is 2.21. The van der Waals surface area contributed by atoms with Crippen molar-refractivity contribution in [3.63, 3.8) is 0 Å². The summed E-state index contributed by atoms with van der Waals surface area (Å²) in [6.07, 6.45) is 1.26. The number of nitrogens with one attached hydrogen (secondary N) is 2. The minimum Gasteiger partial charge on any atom is -0.381 e. The van der Waals surface area contributed by atoms with Crippen LogP contribution in [0.25, 0.3) is 5.69 Å². The van der Waals surface area contributed by atoms with Gasteiger partial charge < -0.3 is 10.6 Å². The van der Waals surface area contributed by atoms with Crippen LogP contribution in [0.15, 0.2) is 29.2 Å². The van der Waals surface area contributed by atoms with E-state index >= 15 is 0 Å². The highest BCUT2D eigenvalue weighted by Crippen LogP contribution is 2.18. The number of anilines is 1. The molecule has 26 heavy (non-hydrogen) atoms. The van der Waals surface area contributed by atoms with E-state index in [0.29, 0.717) is 19.2 Å². The Labute approximate surface area is 154 Å². The summed E-state index contributed by atoms with van der Waals surface area (Å²) in [4.78, 5) is 24.1. The highest BCUT2D eigenvalue weighted by Gasteiger charge is 2.20. The Kier molecular flexibility index (Phi) is 5.97. The van der Waals surface area contributed by atoms with E-state index in [-0.39, 0.29) is 22.3 Å². The smallest absolute Gasteiger partial charge is 0.292 e. The molecule has 1 aromatic heterocycles. The Morgan fingerprint density at radius 1 is 1.27 bits per heavy atom. The molecule has 1 amide bonds. The summed E-state index contributed by atoms with van der Waals surface area (Å²) in [6.45, 7) is 6.03. The van der Waals surface area contributed by atoms with Gasteiger partial charge in [0.25, 0.3) is 5.56 Å². The molecule has 0 saturated carbocycles. The van der Waals surface area contributed by atoms with E-state index in [1.54, 1.807) is 20.8 Å². The fraction of sp³-hybridized carbons (Fsp3) is 0.353. The van der Waals surface area contributed by atoms with Crippen molar-refractivity contribution in [2.24, 2.45) is 5.41 Å². The van der Waals surface area contributed by atoms with Crippen molar-refractivity contribution < 1.29 is 13.6 Å². The van der Waals surface area contributed by atoms with Gasteiger partial charge in [-0.2, -0.15) is 9.78 Å². The summed E-state index contributed by atoms with van der Waals surface area (Å²) >= 11 is 6.03. The number of hydrogen-bond donors (Lipinski definition) is 2. The van der Waals surface area contributed by atoms with E-state index < -0.39 is 22.6 Å². The highest BCUT2D eigenvalue weighted by molar-refractivity contribution is 6.32. The Hall–Kier alpha value is -2.48. The van der Waals surface area contributed by atoms with Gasteiger partial charge in [-0.15, -0.1) is 0 Å². The monoisotopic (exact) mass is 384 g/mol. The molecule has 0 aliphatic rings. The van der Waals surface area contributed by atoms with E-state index in [1.165, 1.54) is 6.20 Å². The van der Waals surface area contributed by atoms with Gasteiger partial charge in [-0.05, 0) is 12.1 Å². The molecule has 0 fully saturated rings. The topological polar surface area (TPSA) is 76.0 Å². The number of amides is 1. The normalized spacial score (nSPS) is 11.3. The van der Waals surface area contributed by atoms with E-state index in [2.05, 4.69) is 15.7 Å². The number of rotatable bonds is 5. The first-order valence-corrected chi connectivity index (χ1v) is 8.24. The molecule has 1 aromatic carbocycles. The van der Waals surface area contributed by atoms with Gasteiger partial charge in [0.05, 0.1) is 11.9 Å². The summed E-state index contributed by atoms with van der Waals surface area (Å²) in [5.74, 6) is -1.80. The standard InChI is InChI=1S/C17H19ClF2N4O2/c1-17(2,3)16(26)22-7-6-21-12-9-23-24(15(25)14(12)18)13-5-4-10(19)8-11(13)20/h4-5,8-9,21H,6-7H2,1-3H3,(H,22,26). The molecule has 2 aromatic rings. The van der Waals surface area contributed by atoms with Gasteiger partial charge >= 0.3 is 0 Å². The minimum atomic E-state index is -0.929. The largest absolute Gasteiger partial charge is 0.381 e. The van der Waals surface area contributed by atoms with Gasteiger partial charge in [0, 0.05) is 24.6 Å². The molecule has 0 aliphatic carbocycles. The molecule has 0 bridgehead atoms. The highest BCUT2D eigenvalue weighted by atomic mass is 35.5.